The standard InChI is InChI=1S/C29H34N4O2/c1-3-22-12-8-9-15-26(22)32-29(35)31-24-16-17-27(33-18-10-5-11-19-33)25(20-24)28(34)30-21(2)23-13-6-4-7-14-23/h4,6-9,12-17,20-21H,3,5,10-11,18-19H2,1-2H3,(H,30,34)(H2,31,32,35). The van der Waals surface area contributed by atoms with E-state index in [1.807, 2.05) is 73.7 Å². The van der Waals surface area contributed by atoms with Crippen molar-refractivity contribution in [1.82, 2.24) is 5.32 Å². The van der Waals surface area contributed by atoms with Crippen LogP contribution in [0.2, 0.25) is 0 Å². The molecule has 0 radical (unpaired) electrons. The molecule has 0 bridgehead atoms. The maximum atomic E-state index is 13.4. The summed E-state index contributed by atoms with van der Waals surface area (Å²) in [4.78, 5) is 28.5. The molecule has 35 heavy (non-hydrogen) atoms. The minimum atomic E-state index is -0.333. The molecule has 1 heterocycles. The average molecular weight is 471 g/mol. The van der Waals surface area contributed by atoms with Gasteiger partial charge in [-0.25, -0.2) is 4.79 Å². The highest BCUT2D eigenvalue weighted by Gasteiger charge is 2.21. The fourth-order valence-corrected chi connectivity index (χ4v) is 4.54. The Morgan fingerprint density at radius 3 is 2.34 bits per heavy atom. The quantitative estimate of drug-likeness (QED) is 0.375. The number of nitrogens with zero attached hydrogens (tertiary/aromatic N) is 1. The highest BCUT2D eigenvalue weighted by molar-refractivity contribution is 6.04. The first-order valence-electron chi connectivity index (χ1n) is 12.5. The van der Waals surface area contributed by atoms with Crippen molar-refractivity contribution in [2.45, 2.75) is 45.6 Å². The van der Waals surface area contributed by atoms with Crippen molar-refractivity contribution in [3.8, 4) is 0 Å². The van der Waals surface area contributed by atoms with Crippen molar-refractivity contribution < 1.29 is 9.59 Å². The third kappa shape index (κ3) is 6.21. The molecule has 1 saturated heterocycles. The first-order valence-corrected chi connectivity index (χ1v) is 12.5. The lowest BCUT2D eigenvalue weighted by Crippen LogP contribution is -2.33. The van der Waals surface area contributed by atoms with E-state index in [1.54, 1.807) is 6.07 Å². The summed E-state index contributed by atoms with van der Waals surface area (Å²) in [6.07, 6.45) is 4.26. The molecule has 3 N–H and O–H groups in total. The van der Waals surface area contributed by atoms with Gasteiger partial charge < -0.3 is 20.9 Å². The Morgan fingerprint density at radius 1 is 0.886 bits per heavy atom. The molecule has 3 aromatic rings. The van der Waals surface area contributed by atoms with Crippen molar-refractivity contribution in [3.05, 3.63) is 89.5 Å². The number of piperidine rings is 1. The van der Waals surface area contributed by atoms with Gasteiger partial charge in [0.15, 0.2) is 0 Å². The molecular formula is C29H34N4O2. The summed E-state index contributed by atoms with van der Waals surface area (Å²) in [6.45, 7) is 5.89. The minimum Gasteiger partial charge on any atom is -0.371 e. The van der Waals surface area contributed by atoms with Gasteiger partial charge in [-0.3, -0.25) is 4.79 Å². The number of amides is 3. The predicted octanol–water partition coefficient (Wildman–Crippen LogP) is 6.37. The van der Waals surface area contributed by atoms with Crippen LogP contribution in [-0.4, -0.2) is 25.0 Å². The molecule has 6 heteroatoms. The molecule has 1 unspecified atom stereocenters. The Balaban J connectivity index is 1.55. The van der Waals surface area contributed by atoms with E-state index in [2.05, 4.69) is 27.8 Å². The summed E-state index contributed by atoms with van der Waals surface area (Å²) in [5, 5.41) is 8.97. The van der Waals surface area contributed by atoms with Crippen LogP contribution < -0.4 is 20.9 Å². The SMILES string of the molecule is CCc1ccccc1NC(=O)Nc1ccc(N2CCCCC2)c(C(=O)NC(C)c2ccccc2)c1. The molecule has 0 aliphatic carbocycles. The number of nitrogens with one attached hydrogen (secondary N) is 3. The molecule has 0 aromatic heterocycles. The maximum absolute atomic E-state index is 13.4. The second-order valence-electron chi connectivity index (χ2n) is 8.98. The van der Waals surface area contributed by atoms with Gasteiger partial charge in [-0.15, -0.1) is 0 Å². The third-order valence-corrected chi connectivity index (χ3v) is 6.49. The van der Waals surface area contributed by atoms with E-state index in [9.17, 15) is 9.59 Å². The van der Waals surface area contributed by atoms with Crippen LogP contribution in [0, 0.1) is 0 Å². The van der Waals surface area contributed by atoms with Crippen LogP contribution >= 0.6 is 0 Å². The number of anilines is 3. The van der Waals surface area contributed by atoms with Gasteiger partial charge in [-0.2, -0.15) is 0 Å². The molecule has 1 aliphatic rings. The number of rotatable bonds is 7. The lowest BCUT2D eigenvalue weighted by atomic mass is 10.0. The highest BCUT2D eigenvalue weighted by atomic mass is 16.2. The smallest absolute Gasteiger partial charge is 0.323 e. The molecule has 0 saturated carbocycles. The van der Waals surface area contributed by atoms with Crippen molar-refractivity contribution in [2.24, 2.45) is 0 Å². The lowest BCUT2D eigenvalue weighted by molar-refractivity contribution is 0.0940. The van der Waals surface area contributed by atoms with Crippen molar-refractivity contribution in [3.63, 3.8) is 0 Å². The number of hydrogen-bond acceptors (Lipinski definition) is 3. The minimum absolute atomic E-state index is 0.136. The molecule has 3 amide bonds. The molecule has 1 fully saturated rings. The van der Waals surface area contributed by atoms with Gasteiger partial charge in [0.2, 0.25) is 0 Å². The topological polar surface area (TPSA) is 73.5 Å². The van der Waals surface area contributed by atoms with Crippen molar-refractivity contribution >= 4 is 29.0 Å². The van der Waals surface area contributed by atoms with Gasteiger partial charge in [0.25, 0.3) is 5.91 Å². The number of benzene rings is 3. The monoisotopic (exact) mass is 470 g/mol. The maximum Gasteiger partial charge on any atom is 0.323 e. The summed E-state index contributed by atoms with van der Waals surface area (Å²) in [7, 11) is 0. The Bertz CT molecular complexity index is 1160. The van der Waals surface area contributed by atoms with Crippen molar-refractivity contribution in [2.75, 3.05) is 28.6 Å². The van der Waals surface area contributed by atoms with Crippen LogP contribution in [0.25, 0.3) is 0 Å². The second kappa shape index (κ2) is 11.6. The van der Waals surface area contributed by atoms with Crippen LogP contribution in [0.3, 0.4) is 0 Å². The summed E-state index contributed by atoms with van der Waals surface area (Å²) in [5.41, 5.74) is 4.95. The number of para-hydroxylation sites is 1. The summed E-state index contributed by atoms with van der Waals surface area (Å²) >= 11 is 0. The van der Waals surface area contributed by atoms with Gasteiger partial charge in [-0.05, 0) is 68.0 Å². The van der Waals surface area contributed by atoms with E-state index < -0.39 is 0 Å². The number of hydrogen-bond donors (Lipinski definition) is 3. The molecule has 0 spiro atoms. The Morgan fingerprint density at radius 2 is 1.60 bits per heavy atom. The first kappa shape index (κ1) is 24.3. The van der Waals surface area contributed by atoms with Crippen LogP contribution in [0.15, 0.2) is 72.8 Å². The fourth-order valence-electron chi connectivity index (χ4n) is 4.54. The van der Waals surface area contributed by atoms with Gasteiger partial charge in [0, 0.05) is 30.2 Å². The van der Waals surface area contributed by atoms with E-state index in [4.69, 9.17) is 0 Å². The van der Waals surface area contributed by atoms with Crippen molar-refractivity contribution in [1.29, 1.82) is 0 Å². The van der Waals surface area contributed by atoms with Crippen LogP contribution in [-0.2, 0) is 6.42 Å². The van der Waals surface area contributed by atoms with Crippen LogP contribution in [0.4, 0.5) is 21.9 Å². The van der Waals surface area contributed by atoms with Gasteiger partial charge in [0.05, 0.1) is 11.6 Å². The molecule has 1 aliphatic heterocycles. The largest absolute Gasteiger partial charge is 0.371 e. The van der Waals surface area contributed by atoms with E-state index in [-0.39, 0.29) is 18.0 Å². The van der Waals surface area contributed by atoms with Crippen LogP contribution in [0.1, 0.15) is 60.6 Å². The molecule has 182 valence electrons. The summed E-state index contributed by atoms with van der Waals surface area (Å²) in [5.74, 6) is -0.151. The van der Waals surface area contributed by atoms with E-state index >= 15 is 0 Å². The zero-order valence-corrected chi connectivity index (χ0v) is 20.5. The summed E-state index contributed by atoms with van der Waals surface area (Å²) < 4.78 is 0. The second-order valence-corrected chi connectivity index (χ2v) is 8.98. The average Bonchev–Trinajstić information content (AvgIpc) is 2.90. The summed E-state index contributed by atoms with van der Waals surface area (Å²) in [6, 6.07) is 22.8. The predicted molar refractivity (Wildman–Crippen MR) is 143 cm³/mol. The van der Waals surface area contributed by atoms with Crippen LogP contribution in [0.5, 0.6) is 0 Å². The number of carbonyl (C=O) groups excluding carboxylic acids is 2. The molecule has 1 atom stereocenters. The molecular weight excluding hydrogens is 436 g/mol. The van der Waals surface area contributed by atoms with E-state index in [1.165, 1.54) is 6.42 Å². The third-order valence-electron chi connectivity index (χ3n) is 6.49. The van der Waals surface area contributed by atoms with Gasteiger partial charge >= 0.3 is 6.03 Å². The zero-order valence-electron chi connectivity index (χ0n) is 20.5. The number of aryl methyl sites for hydroxylation is 1. The normalized spacial score (nSPS) is 14.2. The van der Waals surface area contributed by atoms with E-state index in [0.717, 1.165) is 54.9 Å². The Hall–Kier alpha value is -3.80. The highest BCUT2D eigenvalue weighted by Crippen LogP contribution is 2.28. The zero-order chi connectivity index (χ0) is 24.6. The Kier molecular flexibility index (Phi) is 8.03. The first-order chi connectivity index (χ1) is 17.0. The Labute approximate surface area is 207 Å². The number of carbonyl (C=O) groups is 2. The van der Waals surface area contributed by atoms with Gasteiger partial charge in [-0.1, -0.05) is 55.5 Å². The lowest BCUT2D eigenvalue weighted by Gasteiger charge is -2.31. The fraction of sp³-hybridized carbons (Fsp3) is 0.310. The molecule has 3 aromatic carbocycles. The van der Waals surface area contributed by atoms with Gasteiger partial charge in [0.1, 0.15) is 0 Å². The molecule has 6 nitrogen and oxygen atoms in total. The van der Waals surface area contributed by atoms with E-state index in [0.29, 0.717) is 11.3 Å². The number of urea groups is 1. The molecule has 4 rings (SSSR count).